The standard InChI is InChI=1S/C13H14FN5O.CH2S/c1-9-18(6-11(5-15)20-9)10-2-3-13(12(14)4-10)19-8-16-7-17-19;1-2/h2-4,7-8,11H,1,5-6,15H2;1H2. The van der Waals surface area contributed by atoms with Crippen LogP contribution in [0.25, 0.3) is 5.69 Å². The highest BCUT2D eigenvalue weighted by atomic mass is 32.1. The molecule has 0 amide bonds. The smallest absolute Gasteiger partial charge is 0.186 e. The molecular formula is C14H16FN5OS. The Bertz CT molecular complexity index is 649. The normalized spacial score (nSPS) is 16.9. The van der Waals surface area contributed by atoms with E-state index in [1.807, 2.05) is 0 Å². The van der Waals surface area contributed by atoms with Gasteiger partial charge in [-0.1, -0.05) is 12.2 Å². The highest BCUT2D eigenvalue weighted by Crippen LogP contribution is 2.28. The van der Waals surface area contributed by atoms with E-state index >= 15 is 0 Å². The van der Waals surface area contributed by atoms with Crippen LogP contribution in [0.1, 0.15) is 0 Å². The summed E-state index contributed by atoms with van der Waals surface area (Å²) in [5.41, 5.74) is 6.58. The Labute approximate surface area is 133 Å². The van der Waals surface area contributed by atoms with Gasteiger partial charge in [0.2, 0.25) is 0 Å². The van der Waals surface area contributed by atoms with Gasteiger partial charge in [0.25, 0.3) is 0 Å². The van der Waals surface area contributed by atoms with Crippen molar-refractivity contribution in [3.05, 3.63) is 49.1 Å². The van der Waals surface area contributed by atoms with Gasteiger partial charge in [-0.2, -0.15) is 5.10 Å². The monoisotopic (exact) mass is 321 g/mol. The summed E-state index contributed by atoms with van der Waals surface area (Å²) in [6, 6.07) is 4.85. The van der Waals surface area contributed by atoms with Crippen molar-refractivity contribution in [3.8, 4) is 5.69 Å². The van der Waals surface area contributed by atoms with E-state index in [4.69, 9.17) is 10.5 Å². The van der Waals surface area contributed by atoms with Crippen LogP contribution in [0.2, 0.25) is 0 Å². The SMILES string of the molecule is C=C1OC(CN)CN1c1ccc(-n2cncn2)c(F)c1.C=S. The Morgan fingerprint density at radius 2 is 2.23 bits per heavy atom. The molecule has 2 heterocycles. The molecule has 2 N–H and O–H groups in total. The molecule has 0 radical (unpaired) electrons. The van der Waals surface area contributed by atoms with Crippen molar-refractivity contribution in [2.75, 3.05) is 18.0 Å². The number of aromatic nitrogens is 3. The Morgan fingerprint density at radius 1 is 1.45 bits per heavy atom. The molecular weight excluding hydrogens is 305 g/mol. The lowest BCUT2D eigenvalue weighted by molar-refractivity contribution is 0.176. The molecule has 0 aliphatic carbocycles. The summed E-state index contributed by atoms with van der Waals surface area (Å²) in [6.45, 7) is 4.78. The van der Waals surface area contributed by atoms with Crippen molar-refractivity contribution < 1.29 is 9.13 Å². The zero-order chi connectivity index (χ0) is 16.1. The molecule has 3 rings (SSSR count). The number of rotatable bonds is 3. The van der Waals surface area contributed by atoms with E-state index in [-0.39, 0.29) is 6.10 Å². The van der Waals surface area contributed by atoms with E-state index in [1.54, 1.807) is 17.0 Å². The number of hydrogen-bond donors (Lipinski definition) is 1. The molecule has 22 heavy (non-hydrogen) atoms. The third-order valence-electron chi connectivity index (χ3n) is 3.16. The summed E-state index contributed by atoms with van der Waals surface area (Å²) in [5.74, 6) is 2.92. The van der Waals surface area contributed by atoms with Gasteiger partial charge in [0.1, 0.15) is 24.4 Å². The van der Waals surface area contributed by atoms with Gasteiger partial charge in [-0.3, -0.25) is 0 Å². The molecule has 1 atom stereocenters. The van der Waals surface area contributed by atoms with Gasteiger partial charge in [0, 0.05) is 12.2 Å². The van der Waals surface area contributed by atoms with Gasteiger partial charge >= 0.3 is 0 Å². The van der Waals surface area contributed by atoms with Gasteiger partial charge in [-0.15, -0.1) is 0 Å². The summed E-state index contributed by atoms with van der Waals surface area (Å²) < 4.78 is 21.0. The van der Waals surface area contributed by atoms with Crippen molar-refractivity contribution >= 4 is 23.8 Å². The van der Waals surface area contributed by atoms with E-state index < -0.39 is 5.82 Å². The van der Waals surface area contributed by atoms with Crippen LogP contribution in [-0.2, 0) is 4.74 Å². The topological polar surface area (TPSA) is 69.2 Å². The first-order chi connectivity index (χ1) is 10.7. The number of nitrogens with zero attached hydrogens (tertiary/aromatic N) is 4. The van der Waals surface area contributed by atoms with E-state index in [1.165, 1.54) is 23.4 Å². The second-order valence-electron chi connectivity index (χ2n) is 4.46. The number of halogens is 1. The maximum absolute atomic E-state index is 14.2. The number of hydrogen-bond acceptors (Lipinski definition) is 6. The Hall–Kier alpha value is -2.32. The minimum absolute atomic E-state index is 0.111. The maximum Gasteiger partial charge on any atom is 0.186 e. The quantitative estimate of drug-likeness (QED) is 0.867. The van der Waals surface area contributed by atoms with Crippen LogP contribution in [0, 0.1) is 5.82 Å². The van der Waals surface area contributed by atoms with Crippen LogP contribution in [0.4, 0.5) is 10.1 Å². The maximum atomic E-state index is 14.2. The van der Waals surface area contributed by atoms with E-state index in [0.29, 0.717) is 30.3 Å². The zero-order valence-corrected chi connectivity index (χ0v) is 12.7. The summed E-state index contributed by atoms with van der Waals surface area (Å²) in [5, 5.41) is 3.91. The number of nitrogens with two attached hydrogens (primary N) is 1. The summed E-state index contributed by atoms with van der Waals surface area (Å²) in [7, 11) is 0. The second kappa shape index (κ2) is 7.10. The average molecular weight is 321 g/mol. The van der Waals surface area contributed by atoms with Crippen LogP contribution in [0.5, 0.6) is 0 Å². The molecule has 8 heteroatoms. The Balaban J connectivity index is 0.000000847. The molecule has 1 aliphatic heterocycles. The third kappa shape index (κ3) is 3.12. The van der Waals surface area contributed by atoms with Crippen molar-refractivity contribution in [1.82, 2.24) is 14.8 Å². The number of anilines is 1. The van der Waals surface area contributed by atoms with Crippen LogP contribution in [-0.4, -0.2) is 39.8 Å². The largest absolute Gasteiger partial charge is 0.473 e. The van der Waals surface area contributed by atoms with Crippen molar-refractivity contribution in [3.63, 3.8) is 0 Å². The fourth-order valence-corrected chi connectivity index (χ4v) is 2.15. The lowest BCUT2D eigenvalue weighted by atomic mass is 10.2. The molecule has 1 aromatic heterocycles. The molecule has 0 bridgehead atoms. The minimum Gasteiger partial charge on any atom is -0.473 e. The van der Waals surface area contributed by atoms with Gasteiger partial charge in [-0.05, 0) is 30.6 Å². The fraction of sp³-hybridized carbons (Fsp3) is 0.214. The van der Waals surface area contributed by atoms with Crippen molar-refractivity contribution in [2.24, 2.45) is 5.73 Å². The highest BCUT2D eigenvalue weighted by Gasteiger charge is 2.27. The molecule has 1 fully saturated rings. The Morgan fingerprint density at radius 3 is 2.77 bits per heavy atom. The average Bonchev–Trinajstić information content (AvgIpc) is 3.18. The van der Waals surface area contributed by atoms with E-state index in [2.05, 4.69) is 34.7 Å². The van der Waals surface area contributed by atoms with Crippen LogP contribution >= 0.6 is 12.2 Å². The van der Waals surface area contributed by atoms with Crippen molar-refractivity contribution in [2.45, 2.75) is 6.10 Å². The molecule has 1 aliphatic rings. The van der Waals surface area contributed by atoms with Crippen LogP contribution in [0.3, 0.4) is 0 Å². The fourth-order valence-electron chi connectivity index (χ4n) is 2.15. The first-order valence-electron chi connectivity index (χ1n) is 6.45. The molecule has 1 saturated heterocycles. The summed E-state index contributed by atoms with van der Waals surface area (Å²) in [4.78, 5) is 5.60. The predicted octanol–water partition coefficient (Wildman–Crippen LogP) is 1.66. The summed E-state index contributed by atoms with van der Waals surface area (Å²) >= 11 is 3.83. The lowest BCUT2D eigenvalue weighted by Gasteiger charge is -2.17. The third-order valence-corrected chi connectivity index (χ3v) is 3.16. The molecule has 6 nitrogen and oxygen atoms in total. The number of thiocarbonyl (C=S) groups is 1. The van der Waals surface area contributed by atoms with Gasteiger partial charge < -0.3 is 15.4 Å². The van der Waals surface area contributed by atoms with E-state index in [9.17, 15) is 4.39 Å². The first kappa shape index (κ1) is 16.1. The number of ether oxygens (including phenoxy) is 1. The molecule has 0 spiro atoms. The van der Waals surface area contributed by atoms with E-state index in [0.717, 1.165) is 0 Å². The molecule has 0 saturated carbocycles. The molecule has 1 unspecified atom stereocenters. The molecule has 1 aromatic carbocycles. The first-order valence-corrected chi connectivity index (χ1v) is 7.03. The lowest BCUT2D eigenvalue weighted by Crippen LogP contribution is -2.26. The van der Waals surface area contributed by atoms with Crippen LogP contribution in [0.15, 0.2) is 43.3 Å². The highest BCUT2D eigenvalue weighted by molar-refractivity contribution is 7.77. The number of benzene rings is 1. The molecule has 2 aromatic rings. The molecule has 116 valence electrons. The zero-order valence-electron chi connectivity index (χ0n) is 11.9. The predicted molar refractivity (Wildman–Crippen MR) is 86.4 cm³/mol. The Kier molecular flexibility index (Phi) is 5.18. The van der Waals surface area contributed by atoms with Gasteiger partial charge in [-0.25, -0.2) is 14.1 Å². The summed E-state index contributed by atoms with van der Waals surface area (Å²) in [6.07, 6.45) is 2.69. The van der Waals surface area contributed by atoms with Gasteiger partial charge in [0.05, 0.1) is 6.54 Å². The van der Waals surface area contributed by atoms with Gasteiger partial charge in [0.15, 0.2) is 11.7 Å². The van der Waals surface area contributed by atoms with Crippen molar-refractivity contribution in [1.29, 1.82) is 0 Å². The van der Waals surface area contributed by atoms with Crippen LogP contribution < -0.4 is 10.6 Å². The minimum atomic E-state index is -0.392. The second-order valence-corrected chi connectivity index (χ2v) is 4.46.